The Morgan fingerprint density at radius 1 is 1.27 bits per heavy atom. The van der Waals surface area contributed by atoms with E-state index in [0.717, 1.165) is 41.9 Å². The number of thiazole rings is 1. The highest BCUT2D eigenvalue weighted by Gasteiger charge is 2.02. The number of hydrogen-bond acceptors (Lipinski definition) is 5. The number of nitrogens with one attached hydrogen (secondary N) is 2. The van der Waals surface area contributed by atoms with Crippen LogP contribution < -0.4 is 10.6 Å². The van der Waals surface area contributed by atoms with Gasteiger partial charge in [0.2, 0.25) is 0 Å². The standard InChI is InChI=1S/C18H23N7S/c1-3-20-18(22-7-5-17-23-11-14(2)26-17)24-12-15-4-6-21-16(10-15)25-9-8-19-13-25/h4,6,8-11,13H,3,5,7,12H2,1-2H3,(H2,20,22,24). The normalized spacial score (nSPS) is 11.5. The number of pyridine rings is 1. The second-order valence-electron chi connectivity index (χ2n) is 5.73. The van der Waals surface area contributed by atoms with Gasteiger partial charge in [-0.3, -0.25) is 4.57 Å². The SMILES string of the molecule is CCNC(=NCc1ccnc(-n2ccnc2)c1)NCCc1ncc(C)s1. The van der Waals surface area contributed by atoms with Gasteiger partial charge in [-0.1, -0.05) is 0 Å². The van der Waals surface area contributed by atoms with Crippen molar-refractivity contribution >= 4 is 17.3 Å². The summed E-state index contributed by atoms with van der Waals surface area (Å²) in [6, 6.07) is 4.00. The van der Waals surface area contributed by atoms with E-state index in [1.165, 1.54) is 4.88 Å². The van der Waals surface area contributed by atoms with Crippen molar-refractivity contribution < 1.29 is 0 Å². The molecule has 3 aromatic heterocycles. The summed E-state index contributed by atoms with van der Waals surface area (Å²) < 4.78 is 1.88. The maximum Gasteiger partial charge on any atom is 0.191 e. The molecule has 0 radical (unpaired) electrons. The fourth-order valence-corrected chi connectivity index (χ4v) is 3.20. The second kappa shape index (κ2) is 9.10. The Hall–Kier alpha value is -2.74. The molecular weight excluding hydrogens is 346 g/mol. The van der Waals surface area contributed by atoms with E-state index in [0.29, 0.717) is 6.54 Å². The van der Waals surface area contributed by atoms with E-state index < -0.39 is 0 Å². The Labute approximate surface area is 157 Å². The molecule has 0 aromatic carbocycles. The van der Waals surface area contributed by atoms with Crippen molar-refractivity contribution in [1.29, 1.82) is 0 Å². The molecule has 0 bridgehead atoms. The van der Waals surface area contributed by atoms with E-state index in [1.807, 2.05) is 29.1 Å². The van der Waals surface area contributed by atoms with Crippen LogP contribution in [0.5, 0.6) is 0 Å². The van der Waals surface area contributed by atoms with E-state index in [2.05, 4.69) is 44.4 Å². The molecule has 2 N–H and O–H groups in total. The van der Waals surface area contributed by atoms with Gasteiger partial charge in [-0.2, -0.15) is 0 Å². The van der Waals surface area contributed by atoms with Crippen LogP contribution in [-0.2, 0) is 13.0 Å². The molecule has 0 spiro atoms. The van der Waals surface area contributed by atoms with Crippen LogP contribution in [0.1, 0.15) is 22.4 Å². The highest BCUT2D eigenvalue weighted by Crippen LogP contribution is 2.11. The van der Waals surface area contributed by atoms with Crippen LogP contribution in [0.15, 0.2) is 48.2 Å². The van der Waals surface area contributed by atoms with Gasteiger partial charge in [-0.15, -0.1) is 11.3 Å². The van der Waals surface area contributed by atoms with Crippen LogP contribution in [0.4, 0.5) is 0 Å². The minimum absolute atomic E-state index is 0.579. The smallest absolute Gasteiger partial charge is 0.191 e. The third-order valence-electron chi connectivity index (χ3n) is 3.64. The molecule has 0 saturated heterocycles. The van der Waals surface area contributed by atoms with Crippen LogP contribution in [0, 0.1) is 6.92 Å². The van der Waals surface area contributed by atoms with Crippen LogP contribution in [0.3, 0.4) is 0 Å². The molecule has 0 fully saturated rings. The maximum absolute atomic E-state index is 4.67. The predicted molar refractivity (Wildman–Crippen MR) is 105 cm³/mol. The largest absolute Gasteiger partial charge is 0.357 e. The summed E-state index contributed by atoms with van der Waals surface area (Å²) in [6.07, 6.45) is 9.96. The van der Waals surface area contributed by atoms with Crippen molar-refractivity contribution in [3.63, 3.8) is 0 Å². The minimum Gasteiger partial charge on any atom is -0.357 e. The molecule has 0 atom stereocenters. The van der Waals surface area contributed by atoms with Crippen molar-refractivity contribution in [2.24, 2.45) is 4.99 Å². The molecule has 0 aliphatic heterocycles. The highest BCUT2D eigenvalue weighted by atomic mass is 32.1. The van der Waals surface area contributed by atoms with Gasteiger partial charge in [0, 0.05) is 49.2 Å². The fourth-order valence-electron chi connectivity index (χ4n) is 2.41. The molecule has 0 unspecified atom stereocenters. The lowest BCUT2D eigenvalue weighted by atomic mass is 10.2. The zero-order valence-electron chi connectivity index (χ0n) is 15.0. The summed E-state index contributed by atoms with van der Waals surface area (Å²) in [6.45, 7) is 6.34. The predicted octanol–water partition coefficient (Wildman–Crippen LogP) is 2.33. The zero-order valence-corrected chi connectivity index (χ0v) is 15.8. The molecule has 3 heterocycles. The summed E-state index contributed by atoms with van der Waals surface area (Å²) in [5.74, 6) is 1.65. The van der Waals surface area contributed by atoms with E-state index in [9.17, 15) is 0 Å². The molecule has 0 aliphatic carbocycles. The van der Waals surface area contributed by atoms with Crippen molar-refractivity contribution in [1.82, 2.24) is 30.2 Å². The molecular formula is C18H23N7S. The third kappa shape index (κ3) is 5.13. The molecule has 0 saturated carbocycles. The number of aryl methyl sites for hydroxylation is 1. The summed E-state index contributed by atoms with van der Waals surface area (Å²) in [5, 5.41) is 7.79. The molecule has 26 heavy (non-hydrogen) atoms. The van der Waals surface area contributed by atoms with Crippen molar-refractivity contribution in [2.75, 3.05) is 13.1 Å². The molecule has 0 aliphatic rings. The van der Waals surface area contributed by atoms with E-state index >= 15 is 0 Å². The first-order valence-electron chi connectivity index (χ1n) is 8.61. The van der Waals surface area contributed by atoms with Gasteiger partial charge in [0.1, 0.15) is 12.1 Å². The molecule has 136 valence electrons. The Morgan fingerprint density at radius 3 is 2.92 bits per heavy atom. The van der Waals surface area contributed by atoms with E-state index in [1.54, 1.807) is 30.1 Å². The van der Waals surface area contributed by atoms with E-state index in [4.69, 9.17) is 0 Å². The lowest BCUT2D eigenvalue weighted by Gasteiger charge is -2.11. The molecule has 7 nitrogen and oxygen atoms in total. The lowest BCUT2D eigenvalue weighted by Crippen LogP contribution is -2.38. The Balaban J connectivity index is 1.59. The number of aromatic nitrogens is 4. The van der Waals surface area contributed by atoms with Crippen molar-refractivity contribution in [3.8, 4) is 5.82 Å². The van der Waals surface area contributed by atoms with Gasteiger partial charge in [0.05, 0.1) is 11.6 Å². The molecule has 0 amide bonds. The quantitative estimate of drug-likeness (QED) is 0.494. The zero-order chi connectivity index (χ0) is 18.2. The number of imidazole rings is 1. The van der Waals surface area contributed by atoms with Gasteiger partial charge in [-0.05, 0) is 31.5 Å². The highest BCUT2D eigenvalue weighted by molar-refractivity contribution is 7.11. The Kier molecular flexibility index (Phi) is 6.32. The monoisotopic (exact) mass is 369 g/mol. The Bertz CT molecular complexity index is 839. The van der Waals surface area contributed by atoms with Crippen molar-refractivity contribution in [2.45, 2.75) is 26.8 Å². The van der Waals surface area contributed by atoms with Crippen molar-refractivity contribution in [3.05, 3.63) is 58.7 Å². The summed E-state index contributed by atoms with van der Waals surface area (Å²) in [5.41, 5.74) is 1.09. The van der Waals surface area contributed by atoms with Gasteiger partial charge >= 0.3 is 0 Å². The number of rotatable bonds is 7. The first-order chi connectivity index (χ1) is 12.7. The van der Waals surface area contributed by atoms with Crippen LogP contribution in [0.25, 0.3) is 5.82 Å². The average molecular weight is 369 g/mol. The maximum atomic E-state index is 4.67. The number of guanidine groups is 1. The minimum atomic E-state index is 0.579. The van der Waals surface area contributed by atoms with Gasteiger partial charge in [0.25, 0.3) is 0 Å². The molecule has 3 rings (SSSR count). The summed E-state index contributed by atoms with van der Waals surface area (Å²) >= 11 is 1.74. The molecule has 8 heteroatoms. The first kappa shape index (κ1) is 18.1. The van der Waals surface area contributed by atoms with Crippen LogP contribution in [0.2, 0.25) is 0 Å². The topological polar surface area (TPSA) is 80.0 Å². The number of aliphatic imine (C=N–C) groups is 1. The van der Waals surface area contributed by atoms with Gasteiger partial charge in [-0.25, -0.2) is 19.9 Å². The summed E-state index contributed by atoms with van der Waals surface area (Å²) in [4.78, 5) is 18.7. The Morgan fingerprint density at radius 2 is 2.19 bits per heavy atom. The number of nitrogens with zero attached hydrogens (tertiary/aromatic N) is 5. The fraction of sp³-hybridized carbons (Fsp3) is 0.333. The molecule has 3 aromatic rings. The van der Waals surface area contributed by atoms with E-state index in [-0.39, 0.29) is 0 Å². The first-order valence-corrected chi connectivity index (χ1v) is 9.43. The lowest BCUT2D eigenvalue weighted by molar-refractivity contribution is 0.796. The van der Waals surface area contributed by atoms with Gasteiger partial charge < -0.3 is 10.6 Å². The average Bonchev–Trinajstić information content (AvgIpc) is 3.32. The third-order valence-corrected chi connectivity index (χ3v) is 4.62. The second-order valence-corrected chi connectivity index (χ2v) is 7.05. The summed E-state index contributed by atoms with van der Waals surface area (Å²) in [7, 11) is 0. The number of hydrogen-bond donors (Lipinski definition) is 2. The van der Waals surface area contributed by atoms with Crippen LogP contribution in [-0.4, -0.2) is 38.6 Å². The van der Waals surface area contributed by atoms with Gasteiger partial charge in [0.15, 0.2) is 5.96 Å². The van der Waals surface area contributed by atoms with Crippen LogP contribution >= 0.6 is 11.3 Å².